The van der Waals surface area contributed by atoms with E-state index in [1.165, 1.54) is 4.88 Å². The molecule has 138 valence electrons. The molecule has 1 aliphatic heterocycles. The topological polar surface area (TPSA) is 61.4 Å². The van der Waals surface area contributed by atoms with Crippen LogP contribution in [0, 0.1) is 0 Å². The lowest BCUT2D eigenvalue weighted by Crippen LogP contribution is -2.40. The van der Waals surface area contributed by atoms with Crippen LogP contribution in [0.25, 0.3) is 0 Å². The molecular weight excluding hydrogens is 346 g/mol. The molecule has 1 saturated heterocycles. The molecule has 5 nitrogen and oxygen atoms in total. The fraction of sp³-hybridized carbons (Fsp3) is 0.400. The first-order valence-electron chi connectivity index (χ1n) is 9.09. The number of benzene rings is 1. The predicted octanol–water partition coefficient (Wildman–Crippen LogP) is 3.20. The SMILES string of the molecule is CCc1ccccc1NC(=O)CNC(=O)CN1CCC[C@H]1c1cccs1. The Bertz CT molecular complexity index is 745. The molecule has 1 aromatic carbocycles. The van der Waals surface area contributed by atoms with Crippen LogP contribution < -0.4 is 10.6 Å². The molecule has 1 aromatic heterocycles. The highest BCUT2D eigenvalue weighted by atomic mass is 32.1. The van der Waals surface area contributed by atoms with Gasteiger partial charge in [-0.05, 0) is 48.9 Å². The fourth-order valence-electron chi connectivity index (χ4n) is 3.38. The number of carbonyl (C=O) groups is 2. The number of amides is 2. The number of anilines is 1. The number of aryl methyl sites for hydroxylation is 1. The van der Waals surface area contributed by atoms with Crippen molar-refractivity contribution in [3.8, 4) is 0 Å². The van der Waals surface area contributed by atoms with Crippen molar-refractivity contribution in [2.24, 2.45) is 0 Å². The van der Waals surface area contributed by atoms with E-state index in [4.69, 9.17) is 0 Å². The van der Waals surface area contributed by atoms with Gasteiger partial charge in [0.25, 0.3) is 0 Å². The van der Waals surface area contributed by atoms with Gasteiger partial charge in [-0.2, -0.15) is 0 Å². The summed E-state index contributed by atoms with van der Waals surface area (Å²) < 4.78 is 0. The van der Waals surface area contributed by atoms with Crippen molar-refractivity contribution in [1.82, 2.24) is 10.2 Å². The molecule has 1 aliphatic rings. The monoisotopic (exact) mass is 371 g/mol. The standard InChI is InChI=1S/C20H25N3O2S/c1-2-15-7-3-4-8-16(15)22-19(24)13-21-20(25)14-23-11-5-9-17(23)18-10-6-12-26-18/h3-4,6-8,10,12,17H,2,5,9,11,13-14H2,1H3,(H,21,25)(H,22,24)/t17-/m0/s1. The summed E-state index contributed by atoms with van der Waals surface area (Å²) in [6.45, 7) is 3.30. The largest absolute Gasteiger partial charge is 0.346 e. The first kappa shape index (κ1) is 18.6. The lowest BCUT2D eigenvalue weighted by molar-refractivity contribution is -0.125. The summed E-state index contributed by atoms with van der Waals surface area (Å²) in [4.78, 5) is 27.9. The normalized spacial score (nSPS) is 17.2. The predicted molar refractivity (Wildman–Crippen MR) is 105 cm³/mol. The molecule has 6 heteroatoms. The summed E-state index contributed by atoms with van der Waals surface area (Å²) in [6, 6.07) is 12.2. The zero-order valence-corrected chi connectivity index (χ0v) is 15.8. The Morgan fingerprint density at radius 2 is 2.04 bits per heavy atom. The molecule has 26 heavy (non-hydrogen) atoms. The van der Waals surface area contributed by atoms with Gasteiger partial charge in [-0.1, -0.05) is 31.2 Å². The lowest BCUT2D eigenvalue weighted by atomic mass is 10.1. The van der Waals surface area contributed by atoms with Crippen LogP contribution >= 0.6 is 11.3 Å². The summed E-state index contributed by atoms with van der Waals surface area (Å²) in [5.41, 5.74) is 1.90. The molecule has 0 bridgehead atoms. The van der Waals surface area contributed by atoms with Gasteiger partial charge in [-0.25, -0.2) is 0 Å². The van der Waals surface area contributed by atoms with Gasteiger partial charge < -0.3 is 10.6 Å². The summed E-state index contributed by atoms with van der Waals surface area (Å²) in [5, 5.41) is 7.69. The molecule has 2 aromatic rings. The van der Waals surface area contributed by atoms with Gasteiger partial charge in [0.2, 0.25) is 11.8 Å². The van der Waals surface area contributed by atoms with Gasteiger partial charge in [-0.3, -0.25) is 14.5 Å². The maximum absolute atomic E-state index is 12.3. The van der Waals surface area contributed by atoms with Crippen LogP contribution in [0.2, 0.25) is 0 Å². The highest BCUT2D eigenvalue weighted by molar-refractivity contribution is 7.10. The van der Waals surface area contributed by atoms with E-state index in [-0.39, 0.29) is 18.4 Å². The van der Waals surface area contributed by atoms with E-state index in [0.29, 0.717) is 12.6 Å². The smallest absolute Gasteiger partial charge is 0.243 e. The number of nitrogens with one attached hydrogen (secondary N) is 2. The molecule has 0 unspecified atom stereocenters. The number of para-hydroxylation sites is 1. The molecule has 3 rings (SSSR count). The van der Waals surface area contributed by atoms with Gasteiger partial charge in [0.1, 0.15) is 0 Å². The molecule has 2 N–H and O–H groups in total. The van der Waals surface area contributed by atoms with Crippen molar-refractivity contribution in [3.05, 3.63) is 52.2 Å². The number of nitrogens with zero attached hydrogens (tertiary/aromatic N) is 1. The second-order valence-corrected chi connectivity index (χ2v) is 7.46. The first-order valence-corrected chi connectivity index (χ1v) is 9.97. The van der Waals surface area contributed by atoms with Crippen LogP contribution in [0.15, 0.2) is 41.8 Å². The van der Waals surface area contributed by atoms with E-state index >= 15 is 0 Å². The minimum Gasteiger partial charge on any atom is -0.346 e. The van der Waals surface area contributed by atoms with Gasteiger partial charge in [0.05, 0.1) is 13.1 Å². The summed E-state index contributed by atoms with van der Waals surface area (Å²) >= 11 is 1.74. The molecule has 2 amide bonds. The number of likely N-dealkylation sites (tertiary alicyclic amines) is 1. The summed E-state index contributed by atoms with van der Waals surface area (Å²) in [7, 11) is 0. The van der Waals surface area contributed by atoms with Crippen LogP contribution in [0.5, 0.6) is 0 Å². The van der Waals surface area contributed by atoms with Gasteiger partial charge >= 0.3 is 0 Å². The van der Waals surface area contributed by atoms with Crippen molar-refractivity contribution >= 4 is 28.8 Å². The molecule has 0 spiro atoms. The molecule has 0 aliphatic carbocycles. The van der Waals surface area contributed by atoms with E-state index < -0.39 is 0 Å². The average Bonchev–Trinajstić information content (AvgIpc) is 3.32. The van der Waals surface area contributed by atoms with Crippen molar-refractivity contribution < 1.29 is 9.59 Å². The number of hydrogen-bond acceptors (Lipinski definition) is 4. The van der Waals surface area contributed by atoms with Gasteiger partial charge in [0, 0.05) is 16.6 Å². The third-order valence-electron chi connectivity index (χ3n) is 4.70. The van der Waals surface area contributed by atoms with Crippen LogP contribution in [0.1, 0.15) is 36.2 Å². The third-order valence-corrected chi connectivity index (χ3v) is 5.67. The molecule has 0 saturated carbocycles. The second-order valence-electron chi connectivity index (χ2n) is 6.48. The van der Waals surface area contributed by atoms with Crippen molar-refractivity contribution in [1.29, 1.82) is 0 Å². The van der Waals surface area contributed by atoms with Crippen molar-refractivity contribution in [2.45, 2.75) is 32.2 Å². The highest BCUT2D eigenvalue weighted by Gasteiger charge is 2.28. The van der Waals surface area contributed by atoms with E-state index in [0.717, 1.165) is 37.1 Å². The van der Waals surface area contributed by atoms with E-state index in [2.05, 4.69) is 33.0 Å². The van der Waals surface area contributed by atoms with Crippen molar-refractivity contribution in [3.63, 3.8) is 0 Å². The Balaban J connectivity index is 1.47. The Kier molecular flexibility index (Phi) is 6.41. The summed E-state index contributed by atoms with van der Waals surface area (Å²) in [6.07, 6.45) is 3.04. The molecule has 2 heterocycles. The Hall–Kier alpha value is -2.18. The maximum Gasteiger partial charge on any atom is 0.243 e. The average molecular weight is 372 g/mol. The third kappa shape index (κ3) is 4.71. The second kappa shape index (κ2) is 8.96. The van der Waals surface area contributed by atoms with Gasteiger partial charge in [-0.15, -0.1) is 11.3 Å². The van der Waals surface area contributed by atoms with E-state index in [9.17, 15) is 9.59 Å². The van der Waals surface area contributed by atoms with E-state index in [1.807, 2.05) is 31.2 Å². The van der Waals surface area contributed by atoms with Crippen LogP contribution in [0.4, 0.5) is 5.69 Å². The minimum absolute atomic E-state index is 0.00556. The zero-order chi connectivity index (χ0) is 18.4. The molecule has 1 fully saturated rings. The van der Waals surface area contributed by atoms with Crippen molar-refractivity contribution in [2.75, 3.05) is 25.0 Å². The zero-order valence-electron chi connectivity index (χ0n) is 15.0. The lowest BCUT2D eigenvalue weighted by Gasteiger charge is -2.22. The Morgan fingerprint density at radius 1 is 1.19 bits per heavy atom. The molecular formula is C20H25N3O2S. The number of thiophene rings is 1. The number of carbonyl (C=O) groups excluding carboxylic acids is 2. The van der Waals surface area contributed by atoms with Crippen LogP contribution in [-0.4, -0.2) is 36.3 Å². The Morgan fingerprint density at radius 3 is 2.81 bits per heavy atom. The van der Waals surface area contributed by atoms with Gasteiger partial charge in [0.15, 0.2) is 0 Å². The molecule has 0 radical (unpaired) electrons. The fourth-order valence-corrected chi connectivity index (χ4v) is 4.28. The minimum atomic E-state index is -0.199. The Labute approximate surface area is 158 Å². The quantitative estimate of drug-likeness (QED) is 0.786. The first-order chi connectivity index (χ1) is 12.7. The van der Waals surface area contributed by atoms with Crippen LogP contribution in [0.3, 0.4) is 0 Å². The number of rotatable bonds is 7. The van der Waals surface area contributed by atoms with E-state index in [1.54, 1.807) is 11.3 Å². The maximum atomic E-state index is 12.3. The summed E-state index contributed by atoms with van der Waals surface area (Å²) in [5.74, 6) is -0.303. The highest BCUT2D eigenvalue weighted by Crippen LogP contribution is 2.33. The van der Waals surface area contributed by atoms with Crippen LogP contribution in [-0.2, 0) is 16.0 Å². The molecule has 1 atom stereocenters. The number of hydrogen-bond donors (Lipinski definition) is 2.